The van der Waals surface area contributed by atoms with E-state index in [0.717, 1.165) is 26.8 Å². The lowest BCUT2D eigenvalue weighted by Crippen LogP contribution is -2.04. The van der Waals surface area contributed by atoms with Crippen LogP contribution in [-0.4, -0.2) is 15.2 Å². The van der Waals surface area contributed by atoms with Crippen LogP contribution in [0.25, 0.3) is 10.9 Å². The summed E-state index contributed by atoms with van der Waals surface area (Å²) in [5, 5.41) is 11.1. The molecule has 19 heavy (non-hydrogen) atoms. The molecule has 0 aliphatic heterocycles. The second-order valence-electron chi connectivity index (χ2n) is 4.19. The summed E-state index contributed by atoms with van der Waals surface area (Å²) in [6.45, 7) is 0.635. The lowest BCUT2D eigenvalue weighted by atomic mass is 10.1. The van der Waals surface area contributed by atoms with Gasteiger partial charge in [0.25, 0.3) is 0 Å². The molecule has 0 aliphatic rings. The number of nitrogens with one attached hydrogen (secondary N) is 2. The van der Waals surface area contributed by atoms with Crippen molar-refractivity contribution < 1.29 is 0 Å². The molecule has 0 amide bonds. The number of aromatic amines is 1. The standard InChI is InChI=1S/C13H12BrN5/c14-8-1-2-12-10(5-8)13(11(15)7-16-12)17-6-9-3-4-18-19-9/h1-5,7H,6,15H2,(H,16,17)(H,18,19). The van der Waals surface area contributed by atoms with Gasteiger partial charge in [0.2, 0.25) is 0 Å². The summed E-state index contributed by atoms with van der Waals surface area (Å²) in [4.78, 5) is 4.32. The number of nitrogen functional groups attached to an aromatic ring is 1. The minimum Gasteiger partial charge on any atom is -0.396 e. The van der Waals surface area contributed by atoms with Crippen LogP contribution in [0.2, 0.25) is 0 Å². The minimum atomic E-state index is 0.630. The topological polar surface area (TPSA) is 79.6 Å². The highest BCUT2D eigenvalue weighted by Crippen LogP contribution is 2.30. The Morgan fingerprint density at radius 1 is 1.32 bits per heavy atom. The number of benzene rings is 1. The van der Waals surface area contributed by atoms with Crippen molar-refractivity contribution in [1.82, 2.24) is 15.2 Å². The molecule has 0 saturated heterocycles. The van der Waals surface area contributed by atoms with Crippen LogP contribution in [0.1, 0.15) is 5.69 Å². The Hall–Kier alpha value is -2.08. The van der Waals surface area contributed by atoms with Crippen molar-refractivity contribution in [2.24, 2.45) is 0 Å². The summed E-state index contributed by atoms with van der Waals surface area (Å²) in [5.74, 6) is 0. The van der Waals surface area contributed by atoms with Gasteiger partial charge in [-0.3, -0.25) is 10.1 Å². The van der Waals surface area contributed by atoms with E-state index in [1.807, 2.05) is 24.3 Å². The summed E-state index contributed by atoms with van der Waals surface area (Å²) >= 11 is 3.47. The first kappa shape index (κ1) is 12.0. The third-order valence-electron chi connectivity index (χ3n) is 2.87. The molecule has 3 rings (SSSR count). The second kappa shape index (κ2) is 4.89. The Morgan fingerprint density at radius 3 is 3.00 bits per heavy atom. The van der Waals surface area contributed by atoms with Gasteiger partial charge in [-0.1, -0.05) is 15.9 Å². The van der Waals surface area contributed by atoms with Crippen LogP contribution in [0.4, 0.5) is 11.4 Å². The first-order valence-electron chi connectivity index (χ1n) is 5.80. The van der Waals surface area contributed by atoms with Gasteiger partial charge < -0.3 is 11.1 Å². The van der Waals surface area contributed by atoms with Gasteiger partial charge in [-0.15, -0.1) is 0 Å². The maximum absolute atomic E-state index is 6.01. The van der Waals surface area contributed by atoms with E-state index in [1.54, 1.807) is 12.4 Å². The number of nitrogens with zero attached hydrogens (tertiary/aromatic N) is 2. The number of anilines is 2. The normalized spacial score (nSPS) is 10.8. The number of H-pyrrole nitrogens is 1. The predicted octanol–water partition coefficient (Wildman–Crippen LogP) is 2.91. The summed E-state index contributed by atoms with van der Waals surface area (Å²) < 4.78 is 0.997. The monoisotopic (exact) mass is 317 g/mol. The molecule has 6 heteroatoms. The third-order valence-corrected chi connectivity index (χ3v) is 3.37. The zero-order chi connectivity index (χ0) is 13.2. The summed E-state index contributed by atoms with van der Waals surface area (Å²) in [6.07, 6.45) is 3.40. The van der Waals surface area contributed by atoms with Gasteiger partial charge >= 0.3 is 0 Å². The molecule has 0 spiro atoms. The van der Waals surface area contributed by atoms with Gasteiger partial charge in [-0.25, -0.2) is 0 Å². The van der Waals surface area contributed by atoms with Crippen LogP contribution in [-0.2, 0) is 6.54 Å². The van der Waals surface area contributed by atoms with Crippen LogP contribution in [0, 0.1) is 0 Å². The maximum atomic E-state index is 6.01. The highest BCUT2D eigenvalue weighted by Gasteiger charge is 2.07. The molecule has 0 bridgehead atoms. The molecular weight excluding hydrogens is 306 g/mol. The Bertz CT molecular complexity index is 703. The molecule has 0 radical (unpaired) electrons. The number of halogens is 1. The van der Waals surface area contributed by atoms with E-state index in [1.165, 1.54) is 0 Å². The Morgan fingerprint density at radius 2 is 2.21 bits per heavy atom. The SMILES string of the molecule is Nc1cnc2ccc(Br)cc2c1NCc1ccn[nH]1. The first-order chi connectivity index (χ1) is 9.24. The number of fused-ring (bicyclic) bond motifs is 1. The minimum absolute atomic E-state index is 0.630. The fraction of sp³-hybridized carbons (Fsp3) is 0.0769. The maximum Gasteiger partial charge on any atom is 0.0743 e. The zero-order valence-electron chi connectivity index (χ0n) is 10.0. The van der Waals surface area contributed by atoms with Gasteiger partial charge in [-0.2, -0.15) is 5.10 Å². The fourth-order valence-corrected chi connectivity index (χ4v) is 2.31. The van der Waals surface area contributed by atoms with Crippen molar-refractivity contribution >= 4 is 38.2 Å². The van der Waals surface area contributed by atoms with Crippen LogP contribution in [0.3, 0.4) is 0 Å². The molecule has 4 N–H and O–H groups in total. The molecule has 2 aromatic heterocycles. The molecule has 0 atom stereocenters. The zero-order valence-corrected chi connectivity index (χ0v) is 11.6. The summed E-state index contributed by atoms with van der Waals surface area (Å²) in [7, 11) is 0. The van der Waals surface area contributed by atoms with Crippen molar-refractivity contribution in [3.63, 3.8) is 0 Å². The lowest BCUT2D eigenvalue weighted by Gasteiger charge is -2.11. The number of rotatable bonds is 3. The first-order valence-corrected chi connectivity index (χ1v) is 6.59. The highest BCUT2D eigenvalue weighted by molar-refractivity contribution is 9.10. The summed E-state index contributed by atoms with van der Waals surface area (Å²) in [6, 6.07) is 7.85. The average Bonchev–Trinajstić information content (AvgIpc) is 2.91. The number of hydrogen-bond acceptors (Lipinski definition) is 4. The van der Waals surface area contributed by atoms with E-state index in [-0.39, 0.29) is 0 Å². The molecule has 3 aromatic rings. The molecular formula is C13H12BrN5. The number of aromatic nitrogens is 3. The molecule has 1 aromatic carbocycles. The largest absolute Gasteiger partial charge is 0.396 e. The smallest absolute Gasteiger partial charge is 0.0743 e. The molecule has 2 heterocycles. The molecule has 0 fully saturated rings. The van der Waals surface area contributed by atoms with E-state index >= 15 is 0 Å². The quantitative estimate of drug-likeness (QED) is 0.694. The van der Waals surface area contributed by atoms with Gasteiger partial charge in [0.1, 0.15) is 0 Å². The molecule has 0 aliphatic carbocycles. The van der Waals surface area contributed by atoms with E-state index < -0.39 is 0 Å². The molecule has 96 valence electrons. The van der Waals surface area contributed by atoms with Gasteiger partial charge in [-0.05, 0) is 24.3 Å². The van der Waals surface area contributed by atoms with Gasteiger partial charge in [0.15, 0.2) is 0 Å². The van der Waals surface area contributed by atoms with Crippen LogP contribution in [0.5, 0.6) is 0 Å². The molecule has 5 nitrogen and oxygen atoms in total. The highest BCUT2D eigenvalue weighted by atomic mass is 79.9. The van der Waals surface area contributed by atoms with Gasteiger partial charge in [0.05, 0.1) is 35.3 Å². The fourth-order valence-electron chi connectivity index (χ4n) is 1.94. The van der Waals surface area contributed by atoms with Crippen molar-refractivity contribution in [3.05, 3.63) is 46.8 Å². The van der Waals surface area contributed by atoms with E-state index in [2.05, 4.69) is 36.4 Å². The van der Waals surface area contributed by atoms with Crippen molar-refractivity contribution in [2.75, 3.05) is 11.1 Å². The van der Waals surface area contributed by atoms with Crippen LogP contribution >= 0.6 is 15.9 Å². The van der Waals surface area contributed by atoms with Crippen LogP contribution in [0.15, 0.2) is 41.1 Å². The molecule has 0 unspecified atom stereocenters. The second-order valence-corrected chi connectivity index (χ2v) is 5.10. The van der Waals surface area contributed by atoms with Gasteiger partial charge in [0, 0.05) is 16.1 Å². The Balaban J connectivity index is 2.01. The average molecular weight is 318 g/mol. The number of hydrogen-bond donors (Lipinski definition) is 3. The number of pyridine rings is 1. The van der Waals surface area contributed by atoms with Crippen molar-refractivity contribution in [1.29, 1.82) is 0 Å². The van der Waals surface area contributed by atoms with Crippen molar-refractivity contribution in [2.45, 2.75) is 6.54 Å². The lowest BCUT2D eigenvalue weighted by molar-refractivity contribution is 0.983. The molecule has 0 saturated carbocycles. The third kappa shape index (κ3) is 2.39. The predicted molar refractivity (Wildman–Crippen MR) is 79.8 cm³/mol. The van der Waals surface area contributed by atoms with E-state index in [4.69, 9.17) is 5.73 Å². The van der Waals surface area contributed by atoms with E-state index in [9.17, 15) is 0 Å². The Labute approximate surface area is 118 Å². The Kier molecular flexibility index (Phi) is 3.08. The van der Waals surface area contributed by atoms with E-state index in [0.29, 0.717) is 12.2 Å². The van der Waals surface area contributed by atoms with Crippen molar-refractivity contribution in [3.8, 4) is 0 Å². The summed E-state index contributed by atoms with van der Waals surface area (Å²) in [5.41, 5.74) is 9.44. The van der Waals surface area contributed by atoms with Crippen LogP contribution < -0.4 is 11.1 Å². The number of nitrogens with two attached hydrogens (primary N) is 1.